The second-order valence-electron chi connectivity index (χ2n) is 7.47. The number of ether oxygens (including phenoxy) is 2. The molecule has 1 saturated carbocycles. The van der Waals surface area contributed by atoms with Gasteiger partial charge in [-0.15, -0.1) is 0 Å². The van der Waals surface area contributed by atoms with Crippen molar-refractivity contribution in [1.29, 1.82) is 0 Å². The van der Waals surface area contributed by atoms with E-state index in [4.69, 9.17) is 14.5 Å². The number of nitrogens with zero attached hydrogens (tertiary/aromatic N) is 1. The Labute approximate surface area is 179 Å². The molecule has 0 heterocycles. The molecule has 0 aliphatic heterocycles. The van der Waals surface area contributed by atoms with Gasteiger partial charge in [0.1, 0.15) is 11.5 Å². The first-order valence-electron chi connectivity index (χ1n) is 10.8. The summed E-state index contributed by atoms with van der Waals surface area (Å²) in [6, 6.07) is 13.8. The van der Waals surface area contributed by atoms with Crippen molar-refractivity contribution in [3.8, 4) is 11.5 Å². The summed E-state index contributed by atoms with van der Waals surface area (Å²) < 4.78 is 11.7. The van der Waals surface area contributed by atoms with Gasteiger partial charge in [0.2, 0.25) is 0 Å². The molecule has 162 valence electrons. The van der Waals surface area contributed by atoms with Crippen LogP contribution >= 0.6 is 0 Å². The van der Waals surface area contributed by atoms with E-state index in [1.807, 2.05) is 49.4 Å². The van der Waals surface area contributed by atoms with Gasteiger partial charge in [-0.3, -0.25) is 0 Å². The molecule has 1 aliphatic carbocycles. The van der Waals surface area contributed by atoms with Crippen LogP contribution in [0.3, 0.4) is 0 Å². The minimum atomic E-state index is 0.0270. The molecule has 3 rings (SSSR count). The molecule has 1 fully saturated rings. The number of rotatable bonds is 9. The SMILES string of the molecule is CCNC(=NCc1ccc(OC)cc1OC1CCCC1)NCc1ccccc1CO. The molecule has 30 heavy (non-hydrogen) atoms. The van der Waals surface area contributed by atoms with E-state index in [0.717, 1.165) is 53.5 Å². The summed E-state index contributed by atoms with van der Waals surface area (Å²) in [5.41, 5.74) is 3.01. The molecular formula is C24H33N3O3. The molecule has 3 N–H and O–H groups in total. The first-order chi connectivity index (χ1) is 14.7. The largest absolute Gasteiger partial charge is 0.497 e. The molecule has 2 aromatic rings. The fourth-order valence-electron chi connectivity index (χ4n) is 3.66. The van der Waals surface area contributed by atoms with Gasteiger partial charge in [0.15, 0.2) is 5.96 Å². The van der Waals surface area contributed by atoms with Crippen LogP contribution < -0.4 is 20.1 Å². The van der Waals surface area contributed by atoms with Crippen LogP contribution in [0.5, 0.6) is 11.5 Å². The van der Waals surface area contributed by atoms with Crippen molar-refractivity contribution in [2.24, 2.45) is 4.99 Å². The second-order valence-corrected chi connectivity index (χ2v) is 7.47. The lowest BCUT2D eigenvalue weighted by Gasteiger charge is -2.17. The van der Waals surface area contributed by atoms with E-state index in [-0.39, 0.29) is 12.7 Å². The summed E-state index contributed by atoms with van der Waals surface area (Å²) in [5.74, 6) is 2.38. The predicted octanol–water partition coefficient (Wildman–Crippen LogP) is 3.76. The lowest BCUT2D eigenvalue weighted by molar-refractivity contribution is 0.207. The standard InChI is InChI=1S/C24H33N3O3/c1-3-25-24(26-15-18-8-4-5-9-20(18)17-28)27-16-19-12-13-22(29-2)14-23(19)30-21-10-6-7-11-21/h4-5,8-9,12-14,21,28H,3,6-7,10-11,15-17H2,1-2H3,(H2,25,26,27). The Morgan fingerprint density at radius 3 is 2.53 bits per heavy atom. The van der Waals surface area contributed by atoms with Crippen LogP contribution in [0.4, 0.5) is 0 Å². The lowest BCUT2D eigenvalue weighted by atomic mass is 10.1. The number of aliphatic hydroxyl groups excluding tert-OH is 1. The minimum absolute atomic E-state index is 0.0270. The quantitative estimate of drug-likeness (QED) is 0.433. The highest BCUT2D eigenvalue weighted by Gasteiger charge is 2.18. The number of aliphatic hydroxyl groups is 1. The molecule has 0 radical (unpaired) electrons. The van der Waals surface area contributed by atoms with Crippen molar-refractivity contribution in [3.05, 3.63) is 59.2 Å². The second kappa shape index (κ2) is 11.5. The van der Waals surface area contributed by atoms with Crippen LogP contribution in [0.2, 0.25) is 0 Å². The van der Waals surface area contributed by atoms with Gasteiger partial charge < -0.3 is 25.2 Å². The van der Waals surface area contributed by atoms with Gasteiger partial charge in [0, 0.05) is 24.7 Å². The van der Waals surface area contributed by atoms with Gasteiger partial charge in [-0.05, 0) is 55.9 Å². The molecule has 0 unspecified atom stereocenters. The number of guanidine groups is 1. The molecule has 1 aliphatic rings. The third-order valence-corrected chi connectivity index (χ3v) is 5.36. The molecule has 2 aromatic carbocycles. The normalized spacial score (nSPS) is 14.6. The van der Waals surface area contributed by atoms with E-state index in [0.29, 0.717) is 13.1 Å². The van der Waals surface area contributed by atoms with Crippen LogP contribution in [0.15, 0.2) is 47.5 Å². The van der Waals surface area contributed by atoms with E-state index in [1.54, 1.807) is 7.11 Å². The average molecular weight is 412 g/mol. The van der Waals surface area contributed by atoms with Crippen LogP contribution in [-0.2, 0) is 19.7 Å². The molecule has 0 spiro atoms. The number of hydrogen-bond acceptors (Lipinski definition) is 4. The third-order valence-electron chi connectivity index (χ3n) is 5.36. The highest BCUT2D eigenvalue weighted by molar-refractivity contribution is 5.79. The van der Waals surface area contributed by atoms with E-state index in [2.05, 4.69) is 10.6 Å². The Morgan fingerprint density at radius 2 is 1.83 bits per heavy atom. The number of methoxy groups -OCH3 is 1. The van der Waals surface area contributed by atoms with Gasteiger partial charge in [0.25, 0.3) is 0 Å². The van der Waals surface area contributed by atoms with Crippen molar-refractivity contribution in [1.82, 2.24) is 10.6 Å². The molecule has 0 saturated heterocycles. The summed E-state index contributed by atoms with van der Waals surface area (Å²) in [6.07, 6.45) is 4.95. The van der Waals surface area contributed by atoms with Gasteiger partial charge in [-0.2, -0.15) is 0 Å². The Hall–Kier alpha value is -2.73. The molecule has 6 nitrogen and oxygen atoms in total. The van der Waals surface area contributed by atoms with Gasteiger partial charge >= 0.3 is 0 Å². The molecule has 0 amide bonds. The maximum absolute atomic E-state index is 9.53. The Bertz CT molecular complexity index is 832. The van der Waals surface area contributed by atoms with E-state index >= 15 is 0 Å². The van der Waals surface area contributed by atoms with Gasteiger partial charge in [-0.1, -0.05) is 24.3 Å². The molecule has 0 aromatic heterocycles. The topological polar surface area (TPSA) is 75.1 Å². The fourth-order valence-corrected chi connectivity index (χ4v) is 3.66. The van der Waals surface area contributed by atoms with Gasteiger partial charge in [-0.25, -0.2) is 4.99 Å². The zero-order valence-corrected chi connectivity index (χ0v) is 18.0. The number of nitrogens with one attached hydrogen (secondary N) is 2. The summed E-state index contributed by atoms with van der Waals surface area (Å²) in [4.78, 5) is 4.76. The highest BCUT2D eigenvalue weighted by Crippen LogP contribution is 2.30. The number of benzene rings is 2. The zero-order chi connectivity index (χ0) is 21.2. The van der Waals surface area contributed by atoms with E-state index in [1.165, 1.54) is 12.8 Å². The van der Waals surface area contributed by atoms with Crippen LogP contribution in [-0.4, -0.2) is 30.8 Å². The maximum atomic E-state index is 9.53. The summed E-state index contributed by atoms with van der Waals surface area (Å²) in [7, 11) is 1.67. The number of hydrogen-bond donors (Lipinski definition) is 3. The minimum Gasteiger partial charge on any atom is -0.497 e. The van der Waals surface area contributed by atoms with Crippen LogP contribution in [0.25, 0.3) is 0 Å². The monoisotopic (exact) mass is 411 g/mol. The Kier molecular flexibility index (Phi) is 8.39. The average Bonchev–Trinajstić information content (AvgIpc) is 3.29. The fraction of sp³-hybridized carbons (Fsp3) is 0.458. The summed E-state index contributed by atoms with van der Waals surface area (Å²) in [5, 5.41) is 16.2. The van der Waals surface area contributed by atoms with Crippen molar-refractivity contribution in [3.63, 3.8) is 0 Å². The number of aliphatic imine (C=N–C) groups is 1. The van der Waals surface area contributed by atoms with E-state index < -0.39 is 0 Å². The maximum Gasteiger partial charge on any atom is 0.191 e. The first kappa shape index (κ1) is 22.0. The summed E-state index contributed by atoms with van der Waals surface area (Å²) >= 11 is 0. The van der Waals surface area contributed by atoms with E-state index in [9.17, 15) is 5.11 Å². The van der Waals surface area contributed by atoms with Crippen LogP contribution in [0, 0.1) is 0 Å². The Morgan fingerprint density at radius 1 is 1.07 bits per heavy atom. The van der Waals surface area contributed by atoms with Crippen molar-refractivity contribution < 1.29 is 14.6 Å². The van der Waals surface area contributed by atoms with Crippen molar-refractivity contribution in [2.45, 2.75) is 58.4 Å². The summed E-state index contributed by atoms with van der Waals surface area (Å²) in [6.45, 7) is 3.93. The van der Waals surface area contributed by atoms with Crippen molar-refractivity contribution in [2.75, 3.05) is 13.7 Å². The first-order valence-corrected chi connectivity index (χ1v) is 10.8. The lowest BCUT2D eigenvalue weighted by Crippen LogP contribution is -2.37. The molecule has 0 atom stereocenters. The third kappa shape index (κ3) is 6.13. The van der Waals surface area contributed by atoms with Crippen molar-refractivity contribution >= 4 is 5.96 Å². The molecular weight excluding hydrogens is 378 g/mol. The van der Waals surface area contributed by atoms with Crippen LogP contribution in [0.1, 0.15) is 49.3 Å². The molecule has 0 bridgehead atoms. The Balaban J connectivity index is 1.71. The smallest absolute Gasteiger partial charge is 0.191 e. The zero-order valence-electron chi connectivity index (χ0n) is 18.0. The highest BCUT2D eigenvalue weighted by atomic mass is 16.5. The van der Waals surface area contributed by atoms with Gasteiger partial charge in [0.05, 0.1) is 26.4 Å². The molecule has 6 heteroatoms. The predicted molar refractivity (Wildman–Crippen MR) is 120 cm³/mol.